The summed E-state index contributed by atoms with van der Waals surface area (Å²) in [5.41, 5.74) is -0.901. The SMILES string of the molecule is CCC(F)=C(F)c1ccc(-c2cc(F)c(-c3ccc(-c4cc(F)c(F)c(F)c4)c(F)c3)c(F)c2)cc1. The van der Waals surface area contributed by atoms with Crippen LogP contribution in [0.5, 0.6) is 0 Å². The Labute approximate surface area is 201 Å². The van der Waals surface area contributed by atoms with E-state index < -0.39 is 52.1 Å². The van der Waals surface area contributed by atoms with Crippen molar-refractivity contribution in [2.45, 2.75) is 13.3 Å². The van der Waals surface area contributed by atoms with Crippen LogP contribution in [0.4, 0.5) is 35.1 Å². The van der Waals surface area contributed by atoms with Crippen molar-refractivity contribution in [3.63, 3.8) is 0 Å². The van der Waals surface area contributed by atoms with Crippen LogP contribution in [0.3, 0.4) is 0 Å². The second kappa shape index (κ2) is 9.97. The molecule has 0 aliphatic carbocycles. The highest BCUT2D eigenvalue weighted by Gasteiger charge is 2.18. The lowest BCUT2D eigenvalue weighted by Gasteiger charge is -2.11. The third kappa shape index (κ3) is 4.76. The van der Waals surface area contributed by atoms with E-state index in [2.05, 4.69) is 0 Å². The Morgan fingerprint density at radius 2 is 1.06 bits per heavy atom. The summed E-state index contributed by atoms with van der Waals surface area (Å²) in [7, 11) is 0. The molecule has 4 aromatic rings. The number of hydrogen-bond acceptors (Lipinski definition) is 0. The van der Waals surface area contributed by atoms with Crippen molar-refractivity contribution < 1.29 is 35.1 Å². The second-order valence-corrected chi connectivity index (χ2v) is 7.91. The van der Waals surface area contributed by atoms with Crippen LogP contribution < -0.4 is 0 Å². The lowest BCUT2D eigenvalue weighted by molar-refractivity contribution is 0.447. The van der Waals surface area contributed by atoms with Crippen molar-refractivity contribution in [1.29, 1.82) is 0 Å². The fourth-order valence-corrected chi connectivity index (χ4v) is 3.75. The van der Waals surface area contributed by atoms with Crippen LogP contribution in [-0.4, -0.2) is 0 Å². The molecule has 0 aliphatic heterocycles. The Morgan fingerprint density at radius 1 is 0.556 bits per heavy atom. The predicted molar refractivity (Wildman–Crippen MR) is 122 cm³/mol. The largest absolute Gasteiger partial charge is 0.209 e. The van der Waals surface area contributed by atoms with Gasteiger partial charge in [0.2, 0.25) is 0 Å². The van der Waals surface area contributed by atoms with E-state index in [0.717, 1.165) is 30.3 Å². The van der Waals surface area contributed by atoms with Crippen LogP contribution in [0.15, 0.2) is 72.6 Å². The van der Waals surface area contributed by atoms with Gasteiger partial charge in [-0.15, -0.1) is 0 Å². The normalized spacial score (nSPS) is 12.0. The number of allylic oxidation sites excluding steroid dienone is 1. The first-order chi connectivity index (χ1) is 17.1. The zero-order chi connectivity index (χ0) is 26.1. The molecule has 0 aliphatic rings. The van der Waals surface area contributed by atoms with Gasteiger partial charge in [-0.25, -0.2) is 35.1 Å². The molecule has 0 atom stereocenters. The molecular weight excluding hydrogens is 488 g/mol. The van der Waals surface area contributed by atoms with E-state index in [4.69, 9.17) is 0 Å². The number of rotatable bonds is 5. The van der Waals surface area contributed by atoms with Crippen LogP contribution in [0.25, 0.3) is 39.2 Å². The minimum Gasteiger partial charge on any atom is -0.209 e. The molecular formula is C28H16F8. The molecule has 0 unspecified atom stereocenters. The quantitative estimate of drug-likeness (QED) is 0.188. The molecule has 0 saturated heterocycles. The molecule has 4 rings (SSSR count). The van der Waals surface area contributed by atoms with Gasteiger partial charge >= 0.3 is 0 Å². The molecule has 8 heteroatoms. The Bertz CT molecular complexity index is 1440. The Kier molecular flexibility index (Phi) is 6.97. The van der Waals surface area contributed by atoms with Gasteiger partial charge < -0.3 is 0 Å². The Balaban J connectivity index is 1.69. The summed E-state index contributed by atoms with van der Waals surface area (Å²) in [4.78, 5) is 0. The smallest absolute Gasteiger partial charge is 0.194 e. The molecule has 4 aromatic carbocycles. The molecule has 0 amide bonds. The van der Waals surface area contributed by atoms with Crippen LogP contribution in [0, 0.1) is 34.9 Å². The van der Waals surface area contributed by atoms with Gasteiger partial charge in [-0.2, -0.15) is 0 Å². The molecule has 36 heavy (non-hydrogen) atoms. The summed E-state index contributed by atoms with van der Waals surface area (Å²) < 4.78 is 112. The van der Waals surface area contributed by atoms with Crippen LogP contribution >= 0.6 is 0 Å². The maximum atomic E-state index is 14.9. The molecule has 0 radical (unpaired) electrons. The van der Waals surface area contributed by atoms with Gasteiger partial charge in [0.25, 0.3) is 0 Å². The third-order valence-electron chi connectivity index (χ3n) is 5.61. The van der Waals surface area contributed by atoms with E-state index in [1.165, 1.54) is 31.2 Å². The molecule has 184 valence electrons. The van der Waals surface area contributed by atoms with Gasteiger partial charge in [-0.3, -0.25) is 0 Å². The van der Waals surface area contributed by atoms with Gasteiger partial charge in [0, 0.05) is 11.1 Å². The first kappa shape index (κ1) is 25.2. The van der Waals surface area contributed by atoms with E-state index >= 15 is 0 Å². The van der Waals surface area contributed by atoms with Gasteiger partial charge in [0.05, 0.1) is 5.56 Å². The van der Waals surface area contributed by atoms with Crippen molar-refractivity contribution >= 4 is 5.83 Å². The first-order valence-corrected chi connectivity index (χ1v) is 10.7. The lowest BCUT2D eigenvalue weighted by atomic mass is 9.96. The van der Waals surface area contributed by atoms with Crippen molar-refractivity contribution in [2.75, 3.05) is 0 Å². The average Bonchev–Trinajstić information content (AvgIpc) is 2.85. The highest BCUT2D eigenvalue weighted by atomic mass is 19.2. The molecule has 0 N–H and O–H groups in total. The van der Waals surface area contributed by atoms with Crippen molar-refractivity contribution in [2.24, 2.45) is 0 Å². The standard InChI is InChI=1S/C28H16F8/c1-2-20(29)27(35)15-5-3-14(4-6-15)17-10-22(31)26(23(32)11-17)16-7-8-19(21(30)9-16)18-12-24(33)28(36)25(34)13-18/h3-13H,2H2,1H3. The van der Waals surface area contributed by atoms with Crippen molar-refractivity contribution in [1.82, 2.24) is 0 Å². The molecule has 0 saturated carbocycles. The van der Waals surface area contributed by atoms with Gasteiger partial charge in [0.1, 0.15) is 23.3 Å². The van der Waals surface area contributed by atoms with Crippen molar-refractivity contribution in [3.05, 3.63) is 113 Å². The topological polar surface area (TPSA) is 0 Å². The van der Waals surface area contributed by atoms with Crippen molar-refractivity contribution in [3.8, 4) is 33.4 Å². The highest BCUT2D eigenvalue weighted by molar-refractivity contribution is 5.75. The second-order valence-electron chi connectivity index (χ2n) is 7.91. The average molecular weight is 504 g/mol. The van der Waals surface area contributed by atoms with Gasteiger partial charge in [-0.1, -0.05) is 43.3 Å². The minimum atomic E-state index is -1.70. The fraction of sp³-hybridized carbons (Fsp3) is 0.0714. The summed E-state index contributed by atoms with van der Waals surface area (Å²) >= 11 is 0. The van der Waals surface area contributed by atoms with Gasteiger partial charge in [0.15, 0.2) is 23.3 Å². The van der Waals surface area contributed by atoms with Crippen LogP contribution in [0.1, 0.15) is 18.9 Å². The summed E-state index contributed by atoms with van der Waals surface area (Å²) in [5.74, 6) is -9.75. The first-order valence-electron chi connectivity index (χ1n) is 10.7. The Hall–Kier alpha value is -3.94. The minimum absolute atomic E-state index is 0.0212. The van der Waals surface area contributed by atoms with E-state index in [1.807, 2.05) is 0 Å². The summed E-state index contributed by atoms with van der Waals surface area (Å²) in [6, 6.07) is 11.5. The maximum absolute atomic E-state index is 14.9. The van der Waals surface area contributed by atoms with E-state index in [9.17, 15) is 35.1 Å². The molecule has 0 heterocycles. The Morgan fingerprint density at radius 3 is 1.58 bits per heavy atom. The maximum Gasteiger partial charge on any atom is 0.194 e. The van der Waals surface area contributed by atoms with E-state index in [-0.39, 0.29) is 34.2 Å². The van der Waals surface area contributed by atoms with E-state index in [1.54, 1.807) is 0 Å². The number of hydrogen-bond donors (Lipinski definition) is 0. The summed E-state index contributed by atoms with van der Waals surface area (Å²) in [6.07, 6.45) is -0.120. The predicted octanol–water partition coefficient (Wildman–Crippen LogP) is 9.54. The third-order valence-corrected chi connectivity index (χ3v) is 5.61. The lowest BCUT2D eigenvalue weighted by Crippen LogP contribution is -1.96. The molecule has 0 nitrogen and oxygen atoms in total. The number of benzene rings is 4. The van der Waals surface area contributed by atoms with Gasteiger partial charge in [-0.05, 0) is 59.0 Å². The van der Waals surface area contributed by atoms with E-state index in [0.29, 0.717) is 17.7 Å². The molecule has 0 fully saturated rings. The van der Waals surface area contributed by atoms with Crippen LogP contribution in [0.2, 0.25) is 0 Å². The molecule has 0 spiro atoms. The monoisotopic (exact) mass is 504 g/mol. The molecule has 0 aromatic heterocycles. The highest BCUT2D eigenvalue weighted by Crippen LogP contribution is 2.35. The van der Waals surface area contributed by atoms with Crippen LogP contribution in [-0.2, 0) is 0 Å². The fourth-order valence-electron chi connectivity index (χ4n) is 3.75. The zero-order valence-corrected chi connectivity index (χ0v) is 18.6. The zero-order valence-electron chi connectivity index (χ0n) is 18.6. The molecule has 0 bridgehead atoms. The number of halogens is 8. The summed E-state index contributed by atoms with van der Waals surface area (Å²) in [6.45, 7) is 1.46. The summed E-state index contributed by atoms with van der Waals surface area (Å²) in [5, 5.41) is 0.